The van der Waals surface area contributed by atoms with E-state index in [1.54, 1.807) is 42.5 Å². The van der Waals surface area contributed by atoms with Crippen molar-refractivity contribution in [1.29, 1.82) is 0 Å². The van der Waals surface area contributed by atoms with Gasteiger partial charge in [0.1, 0.15) is 12.6 Å². The molecule has 0 heterocycles. The van der Waals surface area contributed by atoms with Crippen LogP contribution < -0.4 is 9.62 Å². The van der Waals surface area contributed by atoms with Crippen molar-refractivity contribution in [3.63, 3.8) is 0 Å². The average Bonchev–Trinajstić information content (AvgIpc) is 2.85. The Bertz CT molecular complexity index is 1200. The number of anilines is 1. The number of aryl methyl sites for hydroxylation is 1. The highest BCUT2D eigenvalue weighted by molar-refractivity contribution is 7.92. The van der Waals surface area contributed by atoms with E-state index in [4.69, 9.17) is 23.2 Å². The van der Waals surface area contributed by atoms with Crippen molar-refractivity contribution in [1.82, 2.24) is 10.2 Å². The first-order valence-corrected chi connectivity index (χ1v) is 15.2. The smallest absolute Gasteiger partial charge is 0.244 e. The molecule has 0 saturated heterocycles. The van der Waals surface area contributed by atoms with E-state index >= 15 is 0 Å². The van der Waals surface area contributed by atoms with Crippen LogP contribution in [-0.4, -0.2) is 50.0 Å². The summed E-state index contributed by atoms with van der Waals surface area (Å²) in [6, 6.07) is 11.3. The number of carbonyl (C=O) groups is 2. The molecule has 0 aromatic heterocycles. The van der Waals surface area contributed by atoms with Crippen molar-refractivity contribution in [3.8, 4) is 0 Å². The first-order valence-electron chi connectivity index (χ1n) is 12.6. The number of amides is 2. The zero-order valence-corrected chi connectivity index (χ0v) is 23.9. The summed E-state index contributed by atoms with van der Waals surface area (Å²) >= 11 is 12.3. The van der Waals surface area contributed by atoms with Gasteiger partial charge in [-0.1, -0.05) is 73.2 Å². The molecular formula is C27H35Cl2N3O4S. The van der Waals surface area contributed by atoms with Crippen LogP contribution >= 0.6 is 23.2 Å². The summed E-state index contributed by atoms with van der Waals surface area (Å²) in [5.74, 6) is -0.716. The number of hydrogen-bond donors (Lipinski definition) is 1. The molecule has 1 aliphatic rings. The van der Waals surface area contributed by atoms with Crippen LogP contribution in [0.15, 0.2) is 42.5 Å². The maximum Gasteiger partial charge on any atom is 0.244 e. The Morgan fingerprint density at radius 3 is 2.24 bits per heavy atom. The molecule has 1 fully saturated rings. The molecule has 7 nitrogen and oxygen atoms in total. The number of hydrogen-bond acceptors (Lipinski definition) is 4. The standard InChI is InChI=1S/C27H35Cl2N3O4S/c1-4-25(27(34)30-21-8-6-5-7-9-21)31(17-20-12-15-23(28)24(29)16-20)26(33)18-32(37(3,35)36)22-13-10-19(2)11-14-22/h10-16,21,25H,4-9,17-18H2,1-3H3,(H,30,34)/t25-/m1/s1. The van der Waals surface area contributed by atoms with Crippen LogP contribution in [0.4, 0.5) is 5.69 Å². The van der Waals surface area contributed by atoms with Crippen LogP contribution in [-0.2, 0) is 26.2 Å². The Kier molecular flexibility index (Phi) is 10.3. The molecule has 1 aliphatic carbocycles. The topological polar surface area (TPSA) is 86.8 Å². The highest BCUT2D eigenvalue weighted by Crippen LogP contribution is 2.25. The monoisotopic (exact) mass is 567 g/mol. The predicted octanol–water partition coefficient (Wildman–Crippen LogP) is 5.32. The molecule has 0 aliphatic heterocycles. The molecule has 2 aromatic carbocycles. The third-order valence-electron chi connectivity index (χ3n) is 6.68. The molecule has 0 unspecified atom stereocenters. The molecule has 0 radical (unpaired) electrons. The minimum Gasteiger partial charge on any atom is -0.352 e. The van der Waals surface area contributed by atoms with E-state index in [1.807, 2.05) is 13.8 Å². The number of nitrogens with one attached hydrogen (secondary N) is 1. The van der Waals surface area contributed by atoms with Crippen molar-refractivity contribution in [2.24, 2.45) is 0 Å². The summed E-state index contributed by atoms with van der Waals surface area (Å²) in [5.41, 5.74) is 2.04. The second kappa shape index (κ2) is 13.0. The SMILES string of the molecule is CC[C@H](C(=O)NC1CCCCC1)N(Cc1ccc(Cl)c(Cl)c1)C(=O)CN(c1ccc(C)cc1)S(C)(=O)=O. The van der Waals surface area contributed by atoms with Gasteiger partial charge in [-0.25, -0.2) is 8.42 Å². The van der Waals surface area contributed by atoms with E-state index in [0.717, 1.165) is 48.2 Å². The number of sulfonamides is 1. The van der Waals surface area contributed by atoms with Crippen LogP contribution in [0.25, 0.3) is 0 Å². The Morgan fingerprint density at radius 2 is 1.68 bits per heavy atom. The average molecular weight is 569 g/mol. The van der Waals surface area contributed by atoms with Gasteiger partial charge in [0.25, 0.3) is 0 Å². The summed E-state index contributed by atoms with van der Waals surface area (Å²) in [6.45, 7) is 3.39. The van der Waals surface area contributed by atoms with Crippen molar-refractivity contribution in [2.75, 3.05) is 17.1 Å². The summed E-state index contributed by atoms with van der Waals surface area (Å²) in [4.78, 5) is 28.6. The Morgan fingerprint density at radius 1 is 1.03 bits per heavy atom. The summed E-state index contributed by atoms with van der Waals surface area (Å²) < 4.78 is 26.5. The zero-order valence-electron chi connectivity index (χ0n) is 21.5. The molecule has 2 amide bonds. The van der Waals surface area contributed by atoms with E-state index in [-0.39, 0.29) is 18.5 Å². The molecule has 0 bridgehead atoms. The number of carbonyl (C=O) groups excluding carboxylic acids is 2. The van der Waals surface area contributed by atoms with Gasteiger partial charge >= 0.3 is 0 Å². The molecule has 37 heavy (non-hydrogen) atoms. The van der Waals surface area contributed by atoms with Crippen molar-refractivity contribution in [2.45, 2.75) is 71.0 Å². The summed E-state index contributed by atoms with van der Waals surface area (Å²) in [6.07, 6.45) is 6.55. The molecular weight excluding hydrogens is 533 g/mol. The van der Waals surface area contributed by atoms with Gasteiger partial charge in [0.2, 0.25) is 21.8 Å². The van der Waals surface area contributed by atoms with Crippen LogP contribution in [0.3, 0.4) is 0 Å². The second-order valence-corrected chi connectivity index (χ2v) is 12.4. The highest BCUT2D eigenvalue weighted by atomic mass is 35.5. The van der Waals surface area contributed by atoms with Crippen LogP contribution in [0.5, 0.6) is 0 Å². The first kappa shape index (κ1) is 29.3. The fourth-order valence-corrected chi connectivity index (χ4v) is 5.79. The Balaban J connectivity index is 1.92. The molecule has 1 saturated carbocycles. The highest BCUT2D eigenvalue weighted by Gasteiger charge is 2.32. The van der Waals surface area contributed by atoms with E-state index in [0.29, 0.717) is 27.7 Å². The third-order valence-corrected chi connectivity index (χ3v) is 8.56. The van der Waals surface area contributed by atoms with Gasteiger partial charge in [-0.15, -0.1) is 0 Å². The Hall–Kier alpha value is -2.29. The summed E-state index contributed by atoms with van der Waals surface area (Å²) in [7, 11) is -3.77. The minimum absolute atomic E-state index is 0.0808. The third kappa shape index (κ3) is 8.09. The molecule has 202 valence electrons. The van der Waals surface area contributed by atoms with E-state index in [9.17, 15) is 18.0 Å². The van der Waals surface area contributed by atoms with Crippen LogP contribution in [0.1, 0.15) is 56.6 Å². The number of nitrogens with zero attached hydrogens (tertiary/aromatic N) is 2. The van der Waals surface area contributed by atoms with Crippen LogP contribution in [0.2, 0.25) is 10.0 Å². The fourth-order valence-electron chi connectivity index (χ4n) is 4.62. The fraction of sp³-hybridized carbons (Fsp3) is 0.481. The number of benzene rings is 2. The lowest BCUT2D eigenvalue weighted by atomic mass is 9.95. The normalized spacial score (nSPS) is 15.2. The second-order valence-electron chi connectivity index (χ2n) is 9.64. The predicted molar refractivity (Wildman–Crippen MR) is 149 cm³/mol. The van der Waals surface area contributed by atoms with Crippen molar-refractivity contribution < 1.29 is 18.0 Å². The lowest BCUT2D eigenvalue weighted by Gasteiger charge is -2.34. The number of rotatable bonds is 10. The summed E-state index contributed by atoms with van der Waals surface area (Å²) in [5, 5.41) is 3.84. The quantitative estimate of drug-likeness (QED) is 0.420. The molecule has 10 heteroatoms. The maximum absolute atomic E-state index is 13.8. The molecule has 1 atom stereocenters. The Labute approximate surface area is 230 Å². The van der Waals surface area contributed by atoms with E-state index in [2.05, 4.69) is 5.32 Å². The van der Waals surface area contributed by atoms with Gasteiger partial charge in [-0.05, 0) is 56.0 Å². The zero-order chi connectivity index (χ0) is 27.2. The van der Waals surface area contributed by atoms with E-state index < -0.39 is 28.5 Å². The van der Waals surface area contributed by atoms with Crippen molar-refractivity contribution >= 4 is 50.7 Å². The van der Waals surface area contributed by atoms with Gasteiger partial charge in [0.05, 0.1) is 22.0 Å². The first-order chi connectivity index (χ1) is 17.5. The molecule has 2 aromatic rings. The number of halogens is 2. The van der Waals surface area contributed by atoms with Gasteiger partial charge in [-0.2, -0.15) is 0 Å². The minimum atomic E-state index is -3.77. The molecule has 0 spiro atoms. The molecule has 1 N–H and O–H groups in total. The van der Waals surface area contributed by atoms with Gasteiger partial charge in [0, 0.05) is 12.6 Å². The van der Waals surface area contributed by atoms with Gasteiger partial charge in [-0.3, -0.25) is 13.9 Å². The molecule has 3 rings (SSSR count). The lowest BCUT2D eigenvalue weighted by molar-refractivity contribution is -0.140. The van der Waals surface area contributed by atoms with Gasteiger partial charge < -0.3 is 10.2 Å². The largest absolute Gasteiger partial charge is 0.352 e. The van der Waals surface area contributed by atoms with E-state index in [1.165, 1.54) is 4.90 Å². The lowest BCUT2D eigenvalue weighted by Crippen LogP contribution is -2.53. The van der Waals surface area contributed by atoms with Crippen molar-refractivity contribution in [3.05, 3.63) is 63.6 Å². The van der Waals surface area contributed by atoms with Gasteiger partial charge in [0.15, 0.2) is 0 Å². The maximum atomic E-state index is 13.8. The van der Waals surface area contributed by atoms with Crippen LogP contribution in [0, 0.1) is 6.92 Å².